The summed E-state index contributed by atoms with van der Waals surface area (Å²) in [4.78, 5) is 0. The second-order valence-electron chi connectivity index (χ2n) is 4.93. The first-order valence-electron chi connectivity index (χ1n) is 6.64. The standard InChI is InChI=1S/C14H18F3NOS/c15-14(16,17)11-4-1-3-10(7-11)13(19)9-18-8-12-5-2-6-20-12/h1,3-4,7,12-13,18-19H,2,5-6,8-9H2. The normalized spacial score (nSPS) is 21.1. The highest BCUT2D eigenvalue weighted by Crippen LogP contribution is 2.30. The predicted octanol–water partition coefficient (Wildman–Crippen LogP) is 3.22. The molecule has 0 aliphatic carbocycles. The Labute approximate surface area is 120 Å². The Hall–Kier alpha value is -0.720. The number of aliphatic hydroxyl groups excluding tert-OH is 1. The van der Waals surface area contributed by atoms with Crippen LogP contribution in [-0.4, -0.2) is 29.2 Å². The minimum atomic E-state index is -4.37. The molecule has 1 saturated heterocycles. The van der Waals surface area contributed by atoms with Crippen LogP contribution in [0, 0.1) is 0 Å². The molecule has 1 aromatic carbocycles. The summed E-state index contributed by atoms with van der Waals surface area (Å²) in [6, 6.07) is 4.87. The third kappa shape index (κ3) is 4.40. The van der Waals surface area contributed by atoms with E-state index in [2.05, 4.69) is 5.32 Å². The molecule has 0 aromatic heterocycles. The molecule has 2 unspecified atom stereocenters. The van der Waals surface area contributed by atoms with E-state index >= 15 is 0 Å². The zero-order valence-corrected chi connectivity index (χ0v) is 11.8. The van der Waals surface area contributed by atoms with Gasteiger partial charge in [0.2, 0.25) is 0 Å². The van der Waals surface area contributed by atoms with E-state index in [0.717, 1.165) is 25.1 Å². The molecule has 112 valence electrons. The van der Waals surface area contributed by atoms with Crippen molar-refractivity contribution in [3.05, 3.63) is 35.4 Å². The Morgan fingerprint density at radius 3 is 2.85 bits per heavy atom. The first-order chi connectivity index (χ1) is 9.47. The lowest BCUT2D eigenvalue weighted by Gasteiger charge is -2.16. The molecule has 20 heavy (non-hydrogen) atoms. The van der Waals surface area contributed by atoms with Crippen LogP contribution in [0.25, 0.3) is 0 Å². The maximum Gasteiger partial charge on any atom is 0.416 e. The van der Waals surface area contributed by atoms with Crippen LogP contribution in [0.2, 0.25) is 0 Å². The first-order valence-corrected chi connectivity index (χ1v) is 7.69. The molecule has 2 atom stereocenters. The smallest absolute Gasteiger partial charge is 0.387 e. The van der Waals surface area contributed by atoms with Crippen molar-refractivity contribution in [2.24, 2.45) is 0 Å². The molecule has 1 aliphatic heterocycles. The fraction of sp³-hybridized carbons (Fsp3) is 0.571. The molecule has 2 rings (SSSR count). The molecule has 6 heteroatoms. The average Bonchev–Trinajstić information content (AvgIpc) is 2.91. The van der Waals surface area contributed by atoms with E-state index in [1.54, 1.807) is 0 Å². The fourth-order valence-corrected chi connectivity index (χ4v) is 3.46. The number of thioether (sulfide) groups is 1. The minimum absolute atomic E-state index is 0.276. The van der Waals surface area contributed by atoms with Crippen LogP contribution in [0.3, 0.4) is 0 Å². The summed E-state index contributed by atoms with van der Waals surface area (Å²) in [6.45, 7) is 1.07. The van der Waals surface area contributed by atoms with Crippen molar-refractivity contribution in [1.29, 1.82) is 0 Å². The second kappa shape index (κ2) is 6.83. The molecule has 0 spiro atoms. The Morgan fingerprint density at radius 2 is 2.20 bits per heavy atom. The molecule has 0 amide bonds. The quantitative estimate of drug-likeness (QED) is 0.876. The number of nitrogens with one attached hydrogen (secondary N) is 1. The lowest BCUT2D eigenvalue weighted by molar-refractivity contribution is -0.137. The van der Waals surface area contributed by atoms with Crippen molar-refractivity contribution in [2.75, 3.05) is 18.8 Å². The summed E-state index contributed by atoms with van der Waals surface area (Å²) >= 11 is 1.90. The number of halogens is 3. The van der Waals surface area contributed by atoms with Gasteiger partial charge in [-0.05, 0) is 36.3 Å². The fourth-order valence-electron chi connectivity index (χ4n) is 2.23. The third-order valence-corrected chi connectivity index (χ3v) is 4.73. The third-order valence-electron chi connectivity index (χ3n) is 3.33. The van der Waals surface area contributed by atoms with Crippen LogP contribution >= 0.6 is 11.8 Å². The summed E-state index contributed by atoms with van der Waals surface area (Å²) in [5, 5.41) is 13.6. The maximum atomic E-state index is 12.6. The zero-order chi connectivity index (χ0) is 14.6. The lowest BCUT2D eigenvalue weighted by atomic mass is 10.1. The maximum absolute atomic E-state index is 12.6. The van der Waals surface area contributed by atoms with Gasteiger partial charge < -0.3 is 10.4 Å². The lowest BCUT2D eigenvalue weighted by Crippen LogP contribution is -2.27. The molecule has 0 bridgehead atoms. The van der Waals surface area contributed by atoms with E-state index in [-0.39, 0.29) is 6.54 Å². The van der Waals surface area contributed by atoms with Crippen LogP contribution in [0.1, 0.15) is 30.1 Å². The van der Waals surface area contributed by atoms with E-state index in [1.165, 1.54) is 24.3 Å². The molecule has 0 saturated carbocycles. The van der Waals surface area contributed by atoms with Gasteiger partial charge in [-0.25, -0.2) is 0 Å². The van der Waals surface area contributed by atoms with E-state index in [0.29, 0.717) is 10.8 Å². The number of rotatable bonds is 5. The Kier molecular flexibility index (Phi) is 5.35. The highest BCUT2D eigenvalue weighted by Gasteiger charge is 2.30. The van der Waals surface area contributed by atoms with Gasteiger partial charge in [-0.15, -0.1) is 0 Å². The van der Waals surface area contributed by atoms with Crippen molar-refractivity contribution < 1.29 is 18.3 Å². The minimum Gasteiger partial charge on any atom is -0.387 e. The van der Waals surface area contributed by atoms with E-state index in [1.807, 2.05) is 11.8 Å². The summed E-state index contributed by atoms with van der Waals surface area (Å²) in [7, 11) is 0. The van der Waals surface area contributed by atoms with E-state index < -0.39 is 17.8 Å². The van der Waals surface area contributed by atoms with Gasteiger partial charge in [0, 0.05) is 18.3 Å². The van der Waals surface area contributed by atoms with Crippen molar-refractivity contribution in [3.8, 4) is 0 Å². The van der Waals surface area contributed by atoms with Crippen LogP contribution in [0.5, 0.6) is 0 Å². The Balaban J connectivity index is 1.86. The highest BCUT2D eigenvalue weighted by molar-refractivity contribution is 8.00. The number of alkyl halides is 3. The van der Waals surface area contributed by atoms with Gasteiger partial charge in [0.1, 0.15) is 0 Å². The summed E-state index contributed by atoms with van der Waals surface area (Å²) < 4.78 is 37.8. The monoisotopic (exact) mass is 305 g/mol. The topological polar surface area (TPSA) is 32.3 Å². The van der Waals surface area contributed by atoms with Gasteiger partial charge >= 0.3 is 6.18 Å². The molecular weight excluding hydrogens is 287 g/mol. The van der Waals surface area contributed by atoms with Crippen LogP contribution in [0.15, 0.2) is 24.3 Å². The molecular formula is C14H18F3NOS. The van der Waals surface area contributed by atoms with Crippen molar-refractivity contribution in [1.82, 2.24) is 5.32 Å². The molecule has 1 aliphatic rings. The average molecular weight is 305 g/mol. The van der Waals surface area contributed by atoms with Crippen molar-refractivity contribution >= 4 is 11.8 Å². The van der Waals surface area contributed by atoms with Gasteiger partial charge in [-0.3, -0.25) is 0 Å². The Bertz CT molecular complexity index is 433. The van der Waals surface area contributed by atoms with Gasteiger partial charge in [0.25, 0.3) is 0 Å². The second-order valence-corrected chi connectivity index (χ2v) is 6.34. The molecule has 1 fully saturated rings. The SMILES string of the molecule is OC(CNCC1CCCS1)c1cccc(C(F)(F)F)c1. The van der Waals surface area contributed by atoms with Crippen molar-refractivity contribution in [2.45, 2.75) is 30.4 Å². The molecule has 1 aromatic rings. The van der Waals surface area contributed by atoms with Gasteiger partial charge in [0.15, 0.2) is 0 Å². The van der Waals surface area contributed by atoms with Gasteiger partial charge in [-0.1, -0.05) is 12.1 Å². The van der Waals surface area contributed by atoms with Crippen LogP contribution in [-0.2, 0) is 6.18 Å². The largest absolute Gasteiger partial charge is 0.416 e. The summed E-state index contributed by atoms with van der Waals surface area (Å²) in [5.74, 6) is 1.17. The van der Waals surface area contributed by atoms with Crippen LogP contribution < -0.4 is 5.32 Å². The number of benzene rings is 1. The summed E-state index contributed by atoms with van der Waals surface area (Å²) in [5.41, 5.74) is -0.424. The van der Waals surface area contributed by atoms with E-state index in [9.17, 15) is 18.3 Å². The number of hydrogen-bond acceptors (Lipinski definition) is 3. The first kappa shape index (κ1) is 15.7. The molecule has 2 nitrogen and oxygen atoms in total. The molecule has 1 heterocycles. The molecule has 0 radical (unpaired) electrons. The number of aliphatic hydroxyl groups is 1. The predicted molar refractivity (Wildman–Crippen MR) is 74.8 cm³/mol. The van der Waals surface area contributed by atoms with E-state index in [4.69, 9.17) is 0 Å². The highest BCUT2D eigenvalue weighted by atomic mass is 32.2. The molecule has 2 N–H and O–H groups in total. The van der Waals surface area contributed by atoms with Crippen LogP contribution in [0.4, 0.5) is 13.2 Å². The van der Waals surface area contributed by atoms with Gasteiger partial charge in [0.05, 0.1) is 11.7 Å². The summed E-state index contributed by atoms with van der Waals surface area (Å²) in [6.07, 6.45) is -2.91. The number of hydrogen-bond donors (Lipinski definition) is 2. The Morgan fingerprint density at radius 1 is 1.40 bits per heavy atom. The van der Waals surface area contributed by atoms with Crippen molar-refractivity contribution in [3.63, 3.8) is 0 Å². The zero-order valence-electron chi connectivity index (χ0n) is 11.0. The van der Waals surface area contributed by atoms with Gasteiger partial charge in [-0.2, -0.15) is 24.9 Å².